The molecule has 0 aliphatic carbocycles. The number of ether oxygens (including phenoxy) is 2. The number of nitrogens with one attached hydrogen (secondary N) is 1. The predicted molar refractivity (Wildman–Crippen MR) is 91.3 cm³/mol. The summed E-state index contributed by atoms with van der Waals surface area (Å²) in [5.74, 6) is -2.16. The van der Waals surface area contributed by atoms with Crippen LogP contribution in [-0.2, 0) is 20.9 Å². The molecule has 2 aliphatic rings. The zero-order valence-corrected chi connectivity index (χ0v) is 15.5. The van der Waals surface area contributed by atoms with Gasteiger partial charge < -0.3 is 14.0 Å². The van der Waals surface area contributed by atoms with Gasteiger partial charge in [-0.05, 0) is 37.5 Å². The number of alkyl halides is 3. The maximum atomic E-state index is 12.7. The van der Waals surface area contributed by atoms with E-state index in [-0.39, 0.29) is 13.2 Å². The molecule has 0 radical (unpaired) electrons. The van der Waals surface area contributed by atoms with Crippen molar-refractivity contribution < 1.29 is 32.0 Å². The molecule has 0 spiro atoms. The third-order valence-corrected chi connectivity index (χ3v) is 5.48. The van der Waals surface area contributed by atoms with Gasteiger partial charge in [-0.1, -0.05) is 23.4 Å². The van der Waals surface area contributed by atoms with Crippen molar-refractivity contribution in [2.75, 3.05) is 6.54 Å². The first-order valence-electron chi connectivity index (χ1n) is 8.82. The Balaban J connectivity index is 1.78. The van der Waals surface area contributed by atoms with Crippen LogP contribution in [0.4, 0.5) is 13.2 Å². The number of esters is 1. The first-order chi connectivity index (χ1) is 13.1. The Kier molecular flexibility index (Phi) is 4.27. The summed E-state index contributed by atoms with van der Waals surface area (Å²) in [5, 5.41) is 6.84. The van der Waals surface area contributed by atoms with Crippen LogP contribution in [0.5, 0.6) is 0 Å². The van der Waals surface area contributed by atoms with E-state index in [1.54, 1.807) is 13.8 Å². The Labute approximate surface area is 159 Å². The van der Waals surface area contributed by atoms with Crippen molar-refractivity contribution >= 4 is 5.97 Å². The molecule has 3 unspecified atom stereocenters. The number of benzene rings is 1. The minimum Gasteiger partial charge on any atom is -0.439 e. The van der Waals surface area contributed by atoms with Gasteiger partial charge in [0.2, 0.25) is 0 Å². The first-order valence-corrected chi connectivity index (χ1v) is 8.82. The van der Waals surface area contributed by atoms with Crippen molar-refractivity contribution in [1.29, 1.82) is 0 Å². The normalized spacial score (nSPS) is 26.6. The monoisotopic (exact) mass is 396 g/mol. The second-order valence-electron chi connectivity index (χ2n) is 7.36. The van der Waals surface area contributed by atoms with Crippen LogP contribution in [0.1, 0.15) is 35.4 Å². The zero-order valence-electron chi connectivity index (χ0n) is 15.5. The van der Waals surface area contributed by atoms with E-state index in [1.165, 1.54) is 0 Å². The molecule has 1 saturated heterocycles. The lowest BCUT2D eigenvalue weighted by Gasteiger charge is -2.39. The van der Waals surface area contributed by atoms with Crippen molar-refractivity contribution in [1.82, 2.24) is 10.5 Å². The minimum absolute atomic E-state index is 0.266. The number of hydrogen-bond donors (Lipinski definition) is 1. The van der Waals surface area contributed by atoms with Gasteiger partial charge in [-0.25, -0.2) is 4.79 Å². The highest BCUT2D eigenvalue weighted by molar-refractivity contribution is 5.76. The molecular weight excluding hydrogens is 377 g/mol. The summed E-state index contributed by atoms with van der Waals surface area (Å²) in [7, 11) is 0. The van der Waals surface area contributed by atoms with E-state index < -0.39 is 29.9 Å². The van der Waals surface area contributed by atoms with Gasteiger partial charge in [0.05, 0.1) is 23.8 Å². The Hall–Kier alpha value is -2.39. The fraction of sp³-hybridized carbons (Fsp3) is 0.474. The lowest BCUT2D eigenvalue weighted by molar-refractivity contribution is -0.207. The first kappa shape index (κ1) is 18.9. The molecule has 0 bridgehead atoms. The van der Waals surface area contributed by atoms with Gasteiger partial charge in [0, 0.05) is 12.1 Å². The lowest BCUT2D eigenvalue weighted by Crippen LogP contribution is -2.43. The third-order valence-electron chi connectivity index (χ3n) is 5.48. The van der Waals surface area contributed by atoms with Crippen LogP contribution >= 0.6 is 0 Å². The minimum atomic E-state index is -5.06. The summed E-state index contributed by atoms with van der Waals surface area (Å²) >= 11 is 0. The van der Waals surface area contributed by atoms with Crippen LogP contribution in [0, 0.1) is 13.8 Å². The number of rotatable bonds is 2. The SMILES string of the molecule is Cc1noc(C)c1-c1cccc2c1COC1(C)CNC(OC(=O)C(F)(F)F)C21. The number of halogens is 3. The Morgan fingerprint density at radius 2 is 2.11 bits per heavy atom. The second kappa shape index (κ2) is 6.31. The van der Waals surface area contributed by atoms with Crippen molar-refractivity contribution in [3.8, 4) is 11.1 Å². The molecule has 9 heteroatoms. The highest BCUT2D eigenvalue weighted by Gasteiger charge is 2.54. The molecular formula is C19H19F3N2O4. The van der Waals surface area contributed by atoms with Crippen molar-refractivity contribution in [2.24, 2.45) is 0 Å². The molecule has 2 aliphatic heterocycles. The Bertz CT molecular complexity index is 920. The summed E-state index contributed by atoms with van der Waals surface area (Å²) in [4.78, 5) is 11.4. The highest BCUT2D eigenvalue weighted by Crippen LogP contribution is 2.47. The molecule has 3 atom stereocenters. The molecule has 0 saturated carbocycles. The van der Waals surface area contributed by atoms with E-state index in [1.807, 2.05) is 25.1 Å². The van der Waals surface area contributed by atoms with E-state index in [9.17, 15) is 18.0 Å². The van der Waals surface area contributed by atoms with Gasteiger partial charge in [0.25, 0.3) is 0 Å². The molecule has 0 amide bonds. The molecule has 28 heavy (non-hydrogen) atoms. The maximum absolute atomic E-state index is 12.7. The number of carbonyl (C=O) groups excluding carboxylic acids is 1. The molecule has 1 N–H and O–H groups in total. The topological polar surface area (TPSA) is 73.6 Å². The summed E-state index contributed by atoms with van der Waals surface area (Å²) in [5.41, 5.74) is 3.22. The van der Waals surface area contributed by atoms with Gasteiger partial charge in [-0.15, -0.1) is 0 Å². The van der Waals surface area contributed by atoms with Crippen LogP contribution < -0.4 is 5.32 Å². The fourth-order valence-electron chi connectivity index (χ4n) is 4.17. The van der Waals surface area contributed by atoms with Crippen LogP contribution in [0.25, 0.3) is 11.1 Å². The molecule has 150 valence electrons. The van der Waals surface area contributed by atoms with Crippen LogP contribution in [0.2, 0.25) is 0 Å². The van der Waals surface area contributed by atoms with E-state index in [4.69, 9.17) is 14.0 Å². The third kappa shape index (κ3) is 2.89. The number of aryl methyl sites for hydroxylation is 2. The standard InChI is InChI=1S/C19H19F3N2O4/c1-9-14(10(2)28-24-9)11-5-4-6-12-13(11)7-26-18(3)8-23-16(15(12)18)27-17(25)19(20,21)22/h4-6,15-16,23H,7-8H2,1-3H3. The average Bonchev–Trinajstić information content (AvgIpc) is 3.13. The largest absolute Gasteiger partial charge is 0.490 e. The molecule has 2 aromatic rings. The molecule has 6 nitrogen and oxygen atoms in total. The fourth-order valence-corrected chi connectivity index (χ4v) is 4.17. The number of hydrogen-bond acceptors (Lipinski definition) is 6. The van der Waals surface area contributed by atoms with Crippen LogP contribution in [-0.4, -0.2) is 35.7 Å². The molecule has 1 aromatic carbocycles. The molecule has 3 heterocycles. The number of carbonyl (C=O) groups is 1. The summed E-state index contributed by atoms with van der Waals surface area (Å²) < 4.78 is 54.2. The van der Waals surface area contributed by atoms with Crippen molar-refractivity contribution in [3.05, 3.63) is 40.8 Å². The number of fused-ring (bicyclic) bond motifs is 3. The van der Waals surface area contributed by atoms with E-state index >= 15 is 0 Å². The quantitative estimate of drug-likeness (QED) is 0.785. The maximum Gasteiger partial charge on any atom is 0.490 e. The summed E-state index contributed by atoms with van der Waals surface area (Å²) in [6.45, 7) is 5.97. The van der Waals surface area contributed by atoms with E-state index in [0.717, 1.165) is 22.3 Å². The number of aromatic nitrogens is 1. The summed E-state index contributed by atoms with van der Waals surface area (Å²) in [6, 6.07) is 5.56. The average molecular weight is 396 g/mol. The smallest absolute Gasteiger partial charge is 0.439 e. The molecule has 1 aromatic heterocycles. The van der Waals surface area contributed by atoms with Crippen LogP contribution in [0.15, 0.2) is 22.7 Å². The molecule has 4 rings (SSSR count). The Morgan fingerprint density at radius 3 is 2.75 bits per heavy atom. The van der Waals surface area contributed by atoms with E-state index in [2.05, 4.69) is 10.5 Å². The second-order valence-corrected chi connectivity index (χ2v) is 7.36. The van der Waals surface area contributed by atoms with Gasteiger partial charge in [0.15, 0.2) is 6.23 Å². The Morgan fingerprint density at radius 1 is 1.36 bits per heavy atom. The predicted octanol–water partition coefficient (Wildman–Crippen LogP) is 3.37. The molecule has 1 fully saturated rings. The van der Waals surface area contributed by atoms with Crippen LogP contribution in [0.3, 0.4) is 0 Å². The number of nitrogens with zero attached hydrogens (tertiary/aromatic N) is 1. The van der Waals surface area contributed by atoms with Gasteiger partial charge in [0.1, 0.15) is 5.76 Å². The van der Waals surface area contributed by atoms with Gasteiger partial charge >= 0.3 is 12.1 Å². The summed E-state index contributed by atoms with van der Waals surface area (Å²) in [6.07, 6.45) is -6.20. The highest BCUT2D eigenvalue weighted by atomic mass is 19.4. The van der Waals surface area contributed by atoms with E-state index in [0.29, 0.717) is 11.5 Å². The van der Waals surface area contributed by atoms with Crippen molar-refractivity contribution in [3.63, 3.8) is 0 Å². The van der Waals surface area contributed by atoms with Gasteiger partial charge in [-0.3, -0.25) is 5.32 Å². The zero-order chi connectivity index (χ0) is 20.3. The van der Waals surface area contributed by atoms with Gasteiger partial charge in [-0.2, -0.15) is 13.2 Å². The lowest BCUT2D eigenvalue weighted by atomic mass is 9.78. The van der Waals surface area contributed by atoms with Crippen molar-refractivity contribution in [2.45, 2.75) is 51.3 Å².